The molecule has 0 saturated carbocycles. The van der Waals surface area contributed by atoms with Crippen molar-refractivity contribution in [1.82, 2.24) is 4.31 Å². The average Bonchev–Trinajstić information content (AvgIpc) is 2.62. The fourth-order valence-electron chi connectivity index (χ4n) is 3.34. The van der Waals surface area contributed by atoms with Gasteiger partial charge < -0.3 is 4.90 Å². The van der Waals surface area contributed by atoms with Crippen LogP contribution in [0.5, 0.6) is 0 Å². The van der Waals surface area contributed by atoms with Crippen LogP contribution in [-0.2, 0) is 10.0 Å². The Morgan fingerprint density at radius 3 is 2.08 bits per heavy atom. The van der Waals surface area contributed by atoms with Crippen molar-refractivity contribution in [2.24, 2.45) is 0 Å². The normalized spacial score (nSPS) is 15.9. The SMILES string of the molecule is CC(=O)c1ccc(S(=O)(=O)N2CCN(c3ccc(C)cc3C)CC2)cc1. The number of benzene rings is 2. The van der Waals surface area contributed by atoms with Crippen molar-refractivity contribution >= 4 is 21.5 Å². The van der Waals surface area contributed by atoms with Crippen molar-refractivity contribution in [3.63, 3.8) is 0 Å². The second-order valence-corrected chi connectivity index (χ2v) is 8.70. The maximum Gasteiger partial charge on any atom is 0.243 e. The Bertz CT molecular complexity index is 913. The topological polar surface area (TPSA) is 57.7 Å². The number of ketones is 1. The van der Waals surface area contributed by atoms with Gasteiger partial charge in [-0.1, -0.05) is 29.8 Å². The van der Waals surface area contributed by atoms with Crippen molar-refractivity contribution in [2.75, 3.05) is 31.1 Å². The summed E-state index contributed by atoms with van der Waals surface area (Å²) in [6.45, 7) is 7.84. The molecule has 138 valence electrons. The summed E-state index contributed by atoms with van der Waals surface area (Å²) in [6.07, 6.45) is 0. The minimum atomic E-state index is -3.53. The van der Waals surface area contributed by atoms with Crippen LogP contribution in [0.4, 0.5) is 5.69 Å². The molecule has 2 aromatic carbocycles. The quantitative estimate of drug-likeness (QED) is 0.774. The molecule has 1 aliphatic heterocycles. The number of rotatable bonds is 4. The van der Waals surface area contributed by atoms with Gasteiger partial charge in [0, 0.05) is 37.4 Å². The monoisotopic (exact) mass is 372 g/mol. The van der Waals surface area contributed by atoms with E-state index in [0.717, 1.165) is 0 Å². The van der Waals surface area contributed by atoms with Crippen molar-refractivity contribution in [2.45, 2.75) is 25.7 Å². The summed E-state index contributed by atoms with van der Waals surface area (Å²) in [6, 6.07) is 12.5. The lowest BCUT2D eigenvalue weighted by Gasteiger charge is -2.36. The van der Waals surface area contributed by atoms with Crippen molar-refractivity contribution < 1.29 is 13.2 Å². The maximum absolute atomic E-state index is 12.8. The van der Waals surface area contributed by atoms with E-state index in [-0.39, 0.29) is 10.7 Å². The van der Waals surface area contributed by atoms with E-state index < -0.39 is 10.0 Å². The van der Waals surface area contributed by atoms with Crippen LogP contribution in [0.1, 0.15) is 28.4 Å². The minimum Gasteiger partial charge on any atom is -0.369 e. The van der Waals surface area contributed by atoms with Crippen LogP contribution in [0, 0.1) is 13.8 Å². The molecule has 1 heterocycles. The fourth-order valence-corrected chi connectivity index (χ4v) is 4.76. The van der Waals surface area contributed by atoms with Crippen LogP contribution < -0.4 is 4.90 Å². The highest BCUT2D eigenvalue weighted by molar-refractivity contribution is 7.89. The molecule has 3 rings (SSSR count). The standard InChI is InChI=1S/C20H24N2O3S/c1-15-4-9-20(16(2)14-15)21-10-12-22(13-11-21)26(24,25)19-7-5-18(6-8-19)17(3)23/h4-9,14H,10-13H2,1-3H3. The number of carbonyl (C=O) groups excluding carboxylic acids is 1. The van der Waals surface area contributed by atoms with Gasteiger partial charge in [-0.2, -0.15) is 4.31 Å². The zero-order valence-corrected chi connectivity index (χ0v) is 16.2. The number of Topliss-reactive ketones (excluding diaryl/α,β-unsaturated/α-hetero) is 1. The molecule has 0 atom stereocenters. The molecule has 0 aromatic heterocycles. The third-order valence-electron chi connectivity index (χ3n) is 4.83. The van der Waals surface area contributed by atoms with E-state index >= 15 is 0 Å². The highest BCUT2D eigenvalue weighted by Crippen LogP contribution is 2.24. The molecule has 0 unspecified atom stereocenters. The van der Waals surface area contributed by atoms with Crippen LogP contribution in [0.2, 0.25) is 0 Å². The summed E-state index contributed by atoms with van der Waals surface area (Å²) in [5.74, 6) is -0.0731. The molecule has 1 aliphatic rings. The molecule has 1 saturated heterocycles. The number of carbonyl (C=O) groups is 1. The van der Waals surface area contributed by atoms with E-state index in [1.807, 2.05) is 0 Å². The lowest BCUT2D eigenvalue weighted by atomic mass is 10.1. The lowest BCUT2D eigenvalue weighted by molar-refractivity contribution is 0.101. The Balaban J connectivity index is 1.73. The number of sulfonamides is 1. The molecular formula is C20H24N2O3S. The van der Waals surface area contributed by atoms with Gasteiger partial charge in [-0.25, -0.2) is 8.42 Å². The van der Waals surface area contributed by atoms with Gasteiger partial charge in [0.2, 0.25) is 10.0 Å². The first-order chi connectivity index (χ1) is 12.3. The van der Waals surface area contributed by atoms with Gasteiger partial charge in [0.25, 0.3) is 0 Å². The number of piperazine rings is 1. The molecule has 0 N–H and O–H groups in total. The largest absolute Gasteiger partial charge is 0.369 e. The second kappa shape index (κ2) is 7.21. The van der Waals surface area contributed by atoms with Crippen molar-refractivity contribution in [1.29, 1.82) is 0 Å². The summed E-state index contributed by atoms with van der Waals surface area (Å²) >= 11 is 0. The Morgan fingerprint density at radius 2 is 1.54 bits per heavy atom. The van der Waals surface area contributed by atoms with Crippen molar-refractivity contribution in [3.05, 3.63) is 59.2 Å². The highest BCUT2D eigenvalue weighted by Gasteiger charge is 2.29. The zero-order chi connectivity index (χ0) is 18.9. The predicted octanol–water partition coefficient (Wildman–Crippen LogP) is 3.02. The summed E-state index contributed by atoms with van der Waals surface area (Å²) in [7, 11) is -3.53. The summed E-state index contributed by atoms with van der Waals surface area (Å²) in [5.41, 5.74) is 4.12. The number of hydrogen-bond donors (Lipinski definition) is 0. The van der Waals surface area contributed by atoms with Crippen LogP contribution in [0.25, 0.3) is 0 Å². The van der Waals surface area contributed by atoms with Gasteiger partial charge >= 0.3 is 0 Å². The average molecular weight is 372 g/mol. The molecule has 1 fully saturated rings. The van der Waals surface area contributed by atoms with Crippen LogP contribution in [-0.4, -0.2) is 44.7 Å². The molecular weight excluding hydrogens is 348 g/mol. The van der Waals surface area contributed by atoms with E-state index in [1.165, 1.54) is 40.2 Å². The highest BCUT2D eigenvalue weighted by atomic mass is 32.2. The second-order valence-electron chi connectivity index (χ2n) is 6.76. The first-order valence-electron chi connectivity index (χ1n) is 8.72. The maximum atomic E-state index is 12.8. The van der Waals surface area contributed by atoms with Crippen molar-refractivity contribution in [3.8, 4) is 0 Å². The fraction of sp³-hybridized carbons (Fsp3) is 0.350. The smallest absolute Gasteiger partial charge is 0.243 e. The molecule has 0 bridgehead atoms. The summed E-state index contributed by atoms with van der Waals surface area (Å²) in [4.78, 5) is 13.8. The van der Waals surface area contributed by atoms with Crippen LogP contribution in [0.15, 0.2) is 47.4 Å². The number of anilines is 1. The molecule has 0 amide bonds. The Hall–Kier alpha value is -2.18. The van der Waals surface area contributed by atoms with Gasteiger partial charge in [0.05, 0.1) is 4.90 Å². The van der Waals surface area contributed by atoms with Gasteiger partial charge in [-0.15, -0.1) is 0 Å². The summed E-state index contributed by atoms with van der Waals surface area (Å²) < 4.78 is 27.2. The Labute approximate surface area is 155 Å². The van der Waals surface area contributed by atoms with Gasteiger partial charge in [-0.3, -0.25) is 4.79 Å². The third-order valence-corrected chi connectivity index (χ3v) is 6.74. The molecule has 6 heteroatoms. The van der Waals surface area contributed by atoms with E-state index in [4.69, 9.17) is 0 Å². The number of aryl methyl sites for hydroxylation is 2. The molecule has 5 nitrogen and oxygen atoms in total. The lowest BCUT2D eigenvalue weighted by Crippen LogP contribution is -2.48. The number of hydrogen-bond acceptors (Lipinski definition) is 4. The van der Waals surface area contributed by atoms with E-state index in [9.17, 15) is 13.2 Å². The van der Waals surface area contributed by atoms with E-state index in [0.29, 0.717) is 31.7 Å². The van der Waals surface area contributed by atoms with Gasteiger partial charge in [-0.05, 0) is 44.5 Å². The predicted molar refractivity (Wildman–Crippen MR) is 103 cm³/mol. The minimum absolute atomic E-state index is 0.0731. The molecule has 0 spiro atoms. The van der Waals surface area contributed by atoms with Crippen LogP contribution >= 0.6 is 0 Å². The van der Waals surface area contributed by atoms with Crippen LogP contribution in [0.3, 0.4) is 0 Å². The number of nitrogens with zero attached hydrogens (tertiary/aromatic N) is 2. The summed E-state index contributed by atoms with van der Waals surface area (Å²) in [5, 5.41) is 0. The molecule has 26 heavy (non-hydrogen) atoms. The molecule has 0 aliphatic carbocycles. The Kier molecular flexibility index (Phi) is 5.16. The van der Waals surface area contributed by atoms with Gasteiger partial charge in [0.15, 0.2) is 5.78 Å². The molecule has 2 aromatic rings. The van der Waals surface area contributed by atoms with E-state index in [2.05, 4.69) is 36.9 Å². The first-order valence-corrected chi connectivity index (χ1v) is 10.2. The molecule has 0 radical (unpaired) electrons. The zero-order valence-electron chi connectivity index (χ0n) is 15.4. The van der Waals surface area contributed by atoms with Gasteiger partial charge in [0.1, 0.15) is 0 Å². The van der Waals surface area contributed by atoms with E-state index in [1.54, 1.807) is 12.1 Å². The Morgan fingerprint density at radius 1 is 0.923 bits per heavy atom. The third kappa shape index (κ3) is 3.66. The first kappa shape index (κ1) is 18.6.